The molecule has 1 aliphatic heterocycles. The smallest absolute Gasteiger partial charge is 0.250 e. The molecular formula is C21H17N5O2S. The molecule has 4 N–H and O–H groups in total. The maximum Gasteiger partial charge on any atom is 0.250 e. The summed E-state index contributed by atoms with van der Waals surface area (Å²) >= 11 is 1.31. The Labute approximate surface area is 170 Å². The Hall–Kier alpha value is -3.65. The van der Waals surface area contributed by atoms with Gasteiger partial charge in [0.2, 0.25) is 0 Å². The van der Waals surface area contributed by atoms with Gasteiger partial charge in [-0.1, -0.05) is 42.5 Å². The lowest BCUT2D eigenvalue weighted by atomic mass is 10.1. The molecule has 2 aromatic carbocycles. The van der Waals surface area contributed by atoms with Crippen LogP contribution in [0, 0.1) is 0 Å². The second kappa shape index (κ2) is 7.06. The van der Waals surface area contributed by atoms with E-state index in [4.69, 9.17) is 15.1 Å². The van der Waals surface area contributed by atoms with Crippen LogP contribution in [0.25, 0.3) is 10.9 Å². The van der Waals surface area contributed by atoms with Crippen LogP contribution >= 0.6 is 11.5 Å². The third-order valence-electron chi connectivity index (χ3n) is 4.82. The first-order valence-electron chi connectivity index (χ1n) is 9.07. The molecule has 0 fully saturated rings. The number of fused-ring (bicyclic) bond motifs is 2. The Kier molecular flexibility index (Phi) is 4.25. The van der Waals surface area contributed by atoms with E-state index in [0.717, 1.165) is 32.9 Å². The number of nitrogens with one attached hydrogen (secondary N) is 2. The summed E-state index contributed by atoms with van der Waals surface area (Å²) in [6.07, 6.45) is 2.99. The first-order chi connectivity index (χ1) is 14.2. The van der Waals surface area contributed by atoms with E-state index in [0.29, 0.717) is 17.6 Å². The topological polar surface area (TPSA) is 106 Å². The Balaban J connectivity index is 1.51. The van der Waals surface area contributed by atoms with Gasteiger partial charge in [-0.25, -0.2) is 4.99 Å². The summed E-state index contributed by atoms with van der Waals surface area (Å²) in [4.78, 5) is 17.5. The quantitative estimate of drug-likeness (QED) is 0.482. The molecule has 0 saturated carbocycles. The first kappa shape index (κ1) is 17.4. The number of benzene rings is 2. The summed E-state index contributed by atoms with van der Waals surface area (Å²) in [7, 11) is 0. The number of aromatic nitrogens is 1. The zero-order valence-corrected chi connectivity index (χ0v) is 16.1. The fourth-order valence-corrected chi connectivity index (χ4v) is 4.26. The number of anilines is 1. The molecule has 1 unspecified atom stereocenters. The Morgan fingerprint density at radius 2 is 2.03 bits per heavy atom. The molecule has 0 aliphatic carbocycles. The second-order valence-corrected chi connectivity index (χ2v) is 7.48. The number of furan rings is 1. The summed E-state index contributed by atoms with van der Waals surface area (Å²) in [6.45, 7) is 0.645. The minimum atomic E-state index is -0.491. The minimum absolute atomic E-state index is 0.350. The van der Waals surface area contributed by atoms with Crippen molar-refractivity contribution >= 4 is 39.9 Å². The van der Waals surface area contributed by atoms with Gasteiger partial charge in [-0.05, 0) is 23.2 Å². The van der Waals surface area contributed by atoms with Crippen molar-refractivity contribution in [3.05, 3.63) is 82.6 Å². The molecule has 2 aromatic heterocycles. The highest BCUT2D eigenvalue weighted by atomic mass is 32.1. The van der Waals surface area contributed by atoms with Gasteiger partial charge in [0.15, 0.2) is 6.17 Å². The van der Waals surface area contributed by atoms with Crippen molar-refractivity contribution in [3.8, 4) is 0 Å². The maximum atomic E-state index is 11.7. The molecule has 4 aromatic rings. The Morgan fingerprint density at radius 3 is 2.86 bits per heavy atom. The zero-order valence-electron chi connectivity index (χ0n) is 15.3. The standard InChI is InChI=1S/C21H17N5O2S/c22-19(27)14-8-4-7-13-17(14)26-29-18(13)21-24-16-11-28-10-15(16)20(25-21)23-9-12-5-2-1-3-6-12/h1-8,10-11,21,24H,9H2,(H2,22,27)(H,23,25). The van der Waals surface area contributed by atoms with Crippen LogP contribution in [0.2, 0.25) is 0 Å². The van der Waals surface area contributed by atoms with E-state index in [1.54, 1.807) is 18.6 Å². The monoisotopic (exact) mass is 403 g/mol. The van der Waals surface area contributed by atoms with E-state index < -0.39 is 5.91 Å². The van der Waals surface area contributed by atoms with Crippen molar-refractivity contribution in [2.75, 3.05) is 5.32 Å². The summed E-state index contributed by atoms with van der Waals surface area (Å²) in [5, 5.41) is 7.65. The number of nitrogens with two attached hydrogens (primary N) is 1. The highest BCUT2D eigenvalue weighted by Crippen LogP contribution is 2.36. The number of carbonyl (C=O) groups excluding carboxylic acids is 1. The molecule has 29 heavy (non-hydrogen) atoms. The summed E-state index contributed by atoms with van der Waals surface area (Å²) in [5.41, 5.74) is 9.40. The number of aliphatic imine (C=N–C) groups is 1. The molecule has 0 radical (unpaired) electrons. The van der Waals surface area contributed by atoms with Crippen molar-refractivity contribution in [1.82, 2.24) is 9.69 Å². The number of primary amides is 1. The van der Waals surface area contributed by atoms with Gasteiger partial charge >= 0.3 is 0 Å². The van der Waals surface area contributed by atoms with E-state index in [1.807, 2.05) is 30.3 Å². The van der Waals surface area contributed by atoms with Gasteiger partial charge in [-0.15, -0.1) is 0 Å². The summed E-state index contributed by atoms with van der Waals surface area (Å²) in [5.74, 6) is 0.254. The normalized spacial score (nSPS) is 15.4. The highest BCUT2D eigenvalue weighted by molar-refractivity contribution is 7.07. The number of amides is 1. The fourth-order valence-electron chi connectivity index (χ4n) is 3.40. The van der Waals surface area contributed by atoms with E-state index >= 15 is 0 Å². The third kappa shape index (κ3) is 3.13. The zero-order chi connectivity index (χ0) is 19.8. The van der Waals surface area contributed by atoms with E-state index in [2.05, 4.69) is 27.1 Å². The predicted octanol–water partition coefficient (Wildman–Crippen LogP) is 3.65. The first-order valence-corrected chi connectivity index (χ1v) is 9.85. The summed E-state index contributed by atoms with van der Waals surface area (Å²) < 4.78 is 9.86. The second-order valence-electron chi connectivity index (χ2n) is 6.68. The van der Waals surface area contributed by atoms with Gasteiger partial charge in [0.25, 0.3) is 5.91 Å². The number of carbonyl (C=O) groups is 1. The molecule has 0 spiro atoms. The van der Waals surface area contributed by atoms with Gasteiger partial charge in [-0.2, -0.15) is 4.37 Å². The van der Waals surface area contributed by atoms with E-state index in [9.17, 15) is 4.79 Å². The lowest BCUT2D eigenvalue weighted by molar-refractivity contribution is 0.100. The van der Waals surface area contributed by atoms with Crippen LogP contribution < -0.4 is 16.4 Å². The van der Waals surface area contributed by atoms with Crippen molar-refractivity contribution < 1.29 is 9.21 Å². The van der Waals surface area contributed by atoms with Crippen LogP contribution in [0.3, 0.4) is 0 Å². The summed E-state index contributed by atoms with van der Waals surface area (Å²) in [6, 6.07) is 15.6. The lowest BCUT2D eigenvalue weighted by Gasteiger charge is -2.22. The molecule has 5 rings (SSSR count). The van der Waals surface area contributed by atoms with Crippen LogP contribution in [0.5, 0.6) is 0 Å². The van der Waals surface area contributed by atoms with Crippen LogP contribution in [0.15, 0.2) is 70.5 Å². The molecule has 8 heteroatoms. The van der Waals surface area contributed by atoms with Crippen LogP contribution in [-0.4, -0.2) is 16.1 Å². The number of nitrogens with zero attached hydrogens (tertiary/aromatic N) is 2. The highest BCUT2D eigenvalue weighted by Gasteiger charge is 2.26. The molecule has 0 bridgehead atoms. The number of rotatable bonds is 4. The lowest BCUT2D eigenvalue weighted by Crippen LogP contribution is -2.29. The van der Waals surface area contributed by atoms with Crippen LogP contribution in [-0.2, 0) is 6.54 Å². The van der Waals surface area contributed by atoms with Crippen molar-refractivity contribution in [3.63, 3.8) is 0 Å². The Morgan fingerprint density at radius 1 is 1.17 bits per heavy atom. The van der Waals surface area contributed by atoms with Crippen molar-refractivity contribution in [2.45, 2.75) is 12.7 Å². The van der Waals surface area contributed by atoms with Gasteiger partial charge in [0.05, 0.1) is 27.2 Å². The molecule has 7 nitrogen and oxygen atoms in total. The predicted molar refractivity (Wildman–Crippen MR) is 113 cm³/mol. The van der Waals surface area contributed by atoms with Crippen molar-refractivity contribution in [1.29, 1.82) is 0 Å². The molecule has 1 atom stereocenters. The minimum Gasteiger partial charge on any atom is -0.470 e. The van der Waals surface area contributed by atoms with Gasteiger partial charge in [-0.3, -0.25) is 4.79 Å². The number of hydrogen-bond acceptors (Lipinski definition) is 7. The van der Waals surface area contributed by atoms with Crippen molar-refractivity contribution in [2.24, 2.45) is 10.7 Å². The average Bonchev–Trinajstić information content (AvgIpc) is 3.39. The SMILES string of the molecule is NC(=O)c1cccc2c(C3N=C(NCc4ccccc4)c4cocc4N3)snc12. The molecule has 3 heterocycles. The molecule has 144 valence electrons. The van der Waals surface area contributed by atoms with E-state index in [-0.39, 0.29) is 6.17 Å². The van der Waals surface area contributed by atoms with Crippen LogP contribution in [0.4, 0.5) is 5.69 Å². The number of hydrogen-bond donors (Lipinski definition) is 3. The molecule has 1 aliphatic rings. The fraction of sp³-hybridized carbons (Fsp3) is 0.0952. The third-order valence-corrected chi connectivity index (χ3v) is 5.73. The van der Waals surface area contributed by atoms with E-state index in [1.165, 1.54) is 11.5 Å². The molecule has 1 amide bonds. The van der Waals surface area contributed by atoms with Gasteiger partial charge in [0, 0.05) is 11.9 Å². The number of amidine groups is 1. The molecule has 0 saturated heterocycles. The molecular weight excluding hydrogens is 386 g/mol. The van der Waals surface area contributed by atoms with Crippen LogP contribution in [0.1, 0.15) is 32.5 Å². The van der Waals surface area contributed by atoms with Gasteiger partial charge in [0.1, 0.15) is 18.4 Å². The Bertz CT molecular complexity index is 1230. The maximum absolute atomic E-state index is 11.7. The average molecular weight is 403 g/mol. The largest absolute Gasteiger partial charge is 0.470 e. The van der Waals surface area contributed by atoms with Gasteiger partial charge < -0.3 is 20.8 Å².